The molecule has 0 bridgehead atoms. The van der Waals surface area contributed by atoms with E-state index in [0.29, 0.717) is 11.8 Å². The first-order chi connectivity index (χ1) is 8.63. The highest BCUT2D eigenvalue weighted by Crippen LogP contribution is 2.31. The second-order valence-electron chi connectivity index (χ2n) is 6.20. The first-order valence-corrected chi connectivity index (χ1v) is 7.70. The van der Waals surface area contributed by atoms with Gasteiger partial charge in [-0.1, -0.05) is 39.5 Å². The van der Waals surface area contributed by atoms with Crippen molar-refractivity contribution in [2.24, 2.45) is 11.8 Å². The summed E-state index contributed by atoms with van der Waals surface area (Å²) in [6.45, 7) is 7.59. The van der Waals surface area contributed by atoms with Gasteiger partial charge in [-0.2, -0.15) is 0 Å². The third-order valence-corrected chi connectivity index (χ3v) is 4.79. The second kappa shape index (κ2) is 6.05. The van der Waals surface area contributed by atoms with E-state index in [1.807, 2.05) is 0 Å². The van der Waals surface area contributed by atoms with Gasteiger partial charge in [-0.3, -0.25) is 10.1 Å². The number of carbonyl (C=O) groups is 1. The van der Waals surface area contributed by atoms with Crippen LogP contribution in [0.15, 0.2) is 0 Å². The Labute approximate surface area is 111 Å². The Bertz CT molecular complexity index is 292. The summed E-state index contributed by atoms with van der Waals surface area (Å²) in [4.78, 5) is 14.4. The summed E-state index contributed by atoms with van der Waals surface area (Å²) in [6.07, 6.45) is 7.63. The van der Waals surface area contributed by atoms with Crippen LogP contribution in [0.2, 0.25) is 0 Å². The minimum atomic E-state index is 0.0731. The molecule has 1 aliphatic carbocycles. The van der Waals surface area contributed by atoms with Crippen molar-refractivity contribution in [3.05, 3.63) is 0 Å². The highest BCUT2D eigenvalue weighted by molar-refractivity contribution is 5.84. The van der Waals surface area contributed by atoms with Gasteiger partial charge in [-0.15, -0.1) is 0 Å². The molecule has 104 valence electrons. The fourth-order valence-corrected chi connectivity index (χ4v) is 3.50. The fourth-order valence-electron chi connectivity index (χ4n) is 3.50. The fraction of sp³-hybridized carbons (Fsp3) is 0.933. The van der Waals surface area contributed by atoms with Crippen LogP contribution >= 0.6 is 0 Å². The van der Waals surface area contributed by atoms with Crippen molar-refractivity contribution in [1.82, 2.24) is 10.2 Å². The van der Waals surface area contributed by atoms with E-state index >= 15 is 0 Å². The number of hydrogen-bond donors (Lipinski definition) is 1. The molecular weight excluding hydrogens is 224 g/mol. The molecule has 2 fully saturated rings. The van der Waals surface area contributed by atoms with Crippen molar-refractivity contribution in [2.75, 3.05) is 6.54 Å². The molecule has 3 heteroatoms. The van der Waals surface area contributed by atoms with Crippen molar-refractivity contribution >= 4 is 5.91 Å². The number of carbonyl (C=O) groups excluding carboxylic acids is 1. The first-order valence-electron chi connectivity index (χ1n) is 7.70. The van der Waals surface area contributed by atoms with Crippen molar-refractivity contribution in [1.29, 1.82) is 0 Å². The van der Waals surface area contributed by atoms with Crippen LogP contribution < -0.4 is 5.32 Å². The van der Waals surface area contributed by atoms with Gasteiger partial charge in [-0.25, -0.2) is 0 Å². The lowest BCUT2D eigenvalue weighted by molar-refractivity contribution is -0.131. The van der Waals surface area contributed by atoms with Gasteiger partial charge in [0.05, 0.1) is 12.2 Å². The zero-order valence-electron chi connectivity index (χ0n) is 12.1. The number of nitrogens with zero attached hydrogens (tertiary/aromatic N) is 1. The molecule has 1 saturated carbocycles. The Morgan fingerprint density at radius 2 is 2.00 bits per heavy atom. The number of rotatable bonds is 4. The van der Waals surface area contributed by atoms with Gasteiger partial charge in [0.2, 0.25) is 5.91 Å². The molecule has 0 aromatic carbocycles. The Hall–Kier alpha value is -0.570. The van der Waals surface area contributed by atoms with Crippen molar-refractivity contribution in [3.8, 4) is 0 Å². The second-order valence-corrected chi connectivity index (χ2v) is 6.20. The van der Waals surface area contributed by atoms with Crippen LogP contribution in [0.5, 0.6) is 0 Å². The smallest absolute Gasteiger partial charge is 0.241 e. The Morgan fingerprint density at radius 3 is 2.67 bits per heavy atom. The molecular formula is C15H28N2O. The lowest BCUT2D eigenvalue weighted by atomic mass is 9.80. The summed E-state index contributed by atoms with van der Waals surface area (Å²) in [5.41, 5.74) is 0. The monoisotopic (exact) mass is 252 g/mol. The predicted molar refractivity (Wildman–Crippen MR) is 74.1 cm³/mol. The summed E-state index contributed by atoms with van der Waals surface area (Å²) in [7, 11) is 0. The summed E-state index contributed by atoms with van der Waals surface area (Å²) in [5, 5.41) is 3.44. The lowest BCUT2D eigenvalue weighted by Crippen LogP contribution is -2.40. The lowest BCUT2D eigenvalue weighted by Gasteiger charge is -2.33. The van der Waals surface area contributed by atoms with Crippen LogP contribution in [0.1, 0.15) is 59.3 Å². The van der Waals surface area contributed by atoms with Gasteiger partial charge >= 0.3 is 0 Å². The average Bonchev–Trinajstić information content (AvgIpc) is 2.60. The maximum atomic E-state index is 12.3. The van der Waals surface area contributed by atoms with Gasteiger partial charge in [-0.05, 0) is 31.6 Å². The van der Waals surface area contributed by atoms with Crippen LogP contribution in [0.25, 0.3) is 0 Å². The van der Waals surface area contributed by atoms with E-state index in [2.05, 4.69) is 31.0 Å². The van der Waals surface area contributed by atoms with E-state index in [4.69, 9.17) is 0 Å². The SMILES string of the molecule is CCCC1NC(C)N(CC2CCCCC2C)C1=O. The van der Waals surface area contributed by atoms with Gasteiger partial charge in [0.1, 0.15) is 0 Å². The summed E-state index contributed by atoms with van der Waals surface area (Å²) >= 11 is 0. The Kier molecular flexibility index (Phi) is 4.66. The Balaban J connectivity index is 1.93. The van der Waals surface area contributed by atoms with Crippen LogP contribution in [-0.2, 0) is 4.79 Å². The maximum absolute atomic E-state index is 12.3. The van der Waals surface area contributed by atoms with Crippen molar-refractivity contribution < 1.29 is 4.79 Å². The quantitative estimate of drug-likeness (QED) is 0.834. The van der Waals surface area contributed by atoms with Crippen LogP contribution in [0.3, 0.4) is 0 Å². The average molecular weight is 252 g/mol. The first kappa shape index (κ1) is 13.9. The minimum Gasteiger partial charge on any atom is -0.326 e. The van der Waals surface area contributed by atoms with Gasteiger partial charge < -0.3 is 4.90 Å². The highest BCUT2D eigenvalue weighted by atomic mass is 16.2. The molecule has 1 N–H and O–H groups in total. The molecule has 0 spiro atoms. The molecule has 18 heavy (non-hydrogen) atoms. The molecule has 4 atom stereocenters. The molecule has 1 saturated heterocycles. The predicted octanol–water partition coefficient (Wildman–Crippen LogP) is 2.76. The molecule has 1 heterocycles. The molecule has 0 radical (unpaired) electrons. The maximum Gasteiger partial charge on any atom is 0.241 e. The van der Waals surface area contributed by atoms with E-state index in [9.17, 15) is 4.79 Å². The topological polar surface area (TPSA) is 32.3 Å². The normalized spacial score (nSPS) is 37.3. The summed E-state index contributed by atoms with van der Waals surface area (Å²) < 4.78 is 0. The highest BCUT2D eigenvalue weighted by Gasteiger charge is 2.37. The Morgan fingerprint density at radius 1 is 1.28 bits per heavy atom. The largest absolute Gasteiger partial charge is 0.326 e. The van der Waals surface area contributed by atoms with E-state index in [-0.39, 0.29) is 12.2 Å². The van der Waals surface area contributed by atoms with E-state index < -0.39 is 0 Å². The van der Waals surface area contributed by atoms with Crippen molar-refractivity contribution in [3.63, 3.8) is 0 Å². The van der Waals surface area contributed by atoms with Gasteiger partial charge in [0, 0.05) is 6.54 Å². The number of amides is 1. The minimum absolute atomic E-state index is 0.0731. The summed E-state index contributed by atoms with van der Waals surface area (Å²) in [6, 6.07) is 0.0731. The molecule has 3 nitrogen and oxygen atoms in total. The molecule has 2 rings (SSSR count). The van der Waals surface area contributed by atoms with E-state index in [1.165, 1.54) is 25.7 Å². The molecule has 2 aliphatic rings. The van der Waals surface area contributed by atoms with Gasteiger partial charge in [0.15, 0.2) is 0 Å². The standard InChI is InChI=1S/C15H28N2O/c1-4-7-14-15(18)17(12(3)16-14)10-13-9-6-5-8-11(13)2/h11-14,16H,4-10H2,1-3H3. The zero-order valence-corrected chi connectivity index (χ0v) is 12.1. The zero-order chi connectivity index (χ0) is 13.1. The molecule has 4 unspecified atom stereocenters. The molecule has 0 aromatic heterocycles. The van der Waals surface area contributed by atoms with Crippen LogP contribution in [0, 0.1) is 11.8 Å². The van der Waals surface area contributed by atoms with Crippen molar-refractivity contribution in [2.45, 2.75) is 71.5 Å². The van der Waals surface area contributed by atoms with Crippen LogP contribution in [0.4, 0.5) is 0 Å². The van der Waals surface area contributed by atoms with Crippen LogP contribution in [-0.4, -0.2) is 29.6 Å². The molecule has 0 aromatic rings. The molecule has 1 amide bonds. The summed E-state index contributed by atoms with van der Waals surface area (Å²) in [5.74, 6) is 1.83. The number of hydrogen-bond acceptors (Lipinski definition) is 2. The third kappa shape index (κ3) is 2.87. The third-order valence-electron chi connectivity index (χ3n) is 4.79. The van der Waals surface area contributed by atoms with Gasteiger partial charge in [0.25, 0.3) is 0 Å². The van der Waals surface area contributed by atoms with E-state index in [0.717, 1.165) is 25.3 Å². The molecule has 1 aliphatic heterocycles. The van der Waals surface area contributed by atoms with E-state index in [1.54, 1.807) is 0 Å². The number of nitrogens with one attached hydrogen (secondary N) is 1.